The Labute approximate surface area is 101 Å². The highest BCUT2D eigenvalue weighted by molar-refractivity contribution is 8.00. The molecule has 0 saturated carbocycles. The Morgan fingerprint density at radius 3 is 2.50 bits per heavy atom. The molecular formula is C12H18N2OS. The molecule has 0 atom stereocenters. The van der Waals surface area contributed by atoms with Crippen molar-refractivity contribution in [3.05, 3.63) is 23.8 Å². The summed E-state index contributed by atoms with van der Waals surface area (Å²) in [5, 5.41) is 2.60. The van der Waals surface area contributed by atoms with Crippen LogP contribution in [0, 0.1) is 0 Å². The van der Waals surface area contributed by atoms with Crippen LogP contribution in [0.25, 0.3) is 0 Å². The molecule has 0 aliphatic heterocycles. The molecule has 0 spiro atoms. The predicted octanol–water partition coefficient (Wildman–Crippen LogP) is 2.52. The van der Waals surface area contributed by atoms with Gasteiger partial charge in [0.05, 0.1) is 0 Å². The lowest BCUT2D eigenvalue weighted by Gasteiger charge is -2.19. The van der Waals surface area contributed by atoms with Crippen molar-refractivity contribution >= 4 is 23.4 Å². The summed E-state index contributed by atoms with van der Waals surface area (Å²) in [5.41, 5.74) is 7.24. The van der Waals surface area contributed by atoms with E-state index in [2.05, 4.69) is 26.1 Å². The second-order valence-corrected chi connectivity index (χ2v) is 6.41. The zero-order valence-corrected chi connectivity index (χ0v) is 10.9. The minimum Gasteiger partial charge on any atom is -0.398 e. The van der Waals surface area contributed by atoms with Gasteiger partial charge in [-0.25, -0.2) is 0 Å². The van der Waals surface area contributed by atoms with Crippen molar-refractivity contribution in [3.63, 3.8) is 0 Å². The van der Waals surface area contributed by atoms with Gasteiger partial charge in [-0.05, 0) is 18.2 Å². The number of nitrogens with one attached hydrogen (secondary N) is 1. The number of carbonyl (C=O) groups excluding carboxylic acids is 1. The van der Waals surface area contributed by atoms with E-state index in [9.17, 15) is 4.79 Å². The first-order chi connectivity index (χ1) is 7.33. The summed E-state index contributed by atoms with van der Waals surface area (Å²) in [5.74, 6) is -0.0873. The van der Waals surface area contributed by atoms with Gasteiger partial charge >= 0.3 is 0 Å². The fraction of sp³-hybridized carbons (Fsp3) is 0.417. The van der Waals surface area contributed by atoms with E-state index < -0.39 is 0 Å². The summed E-state index contributed by atoms with van der Waals surface area (Å²) in [7, 11) is 1.62. The maximum Gasteiger partial charge on any atom is 0.251 e. The van der Waals surface area contributed by atoms with Crippen LogP contribution in [-0.4, -0.2) is 17.7 Å². The quantitative estimate of drug-likeness (QED) is 0.615. The van der Waals surface area contributed by atoms with E-state index in [4.69, 9.17) is 5.73 Å². The Kier molecular flexibility index (Phi) is 3.86. The first-order valence-electron chi connectivity index (χ1n) is 5.14. The van der Waals surface area contributed by atoms with Crippen molar-refractivity contribution in [2.45, 2.75) is 30.4 Å². The van der Waals surface area contributed by atoms with E-state index in [-0.39, 0.29) is 10.7 Å². The molecule has 1 aromatic rings. The van der Waals surface area contributed by atoms with Crippen LogP contribution in [0.4, 0.5) is 5.69 Å². The van der Waals surface area contributed by atoms with Gasteiger partial charge in [-0.15, -0.1) is 11.8 Å². The molecule has 4 heteroatoms. The molecule has 0 heterocycles. The zero-order valence-electron chi connectivity index (χ0n) is 10.1. The molecule has 0 bridgehead atoms. The number of amides is 1. The molecule has 1 rings (SSSR count). The number of thioether (sulfide) groups is 1. The van der Waals surface area contributed by atoms with Gasteiger partial charge in [0, 0.05) is 27.9 Å². The summed E-state index contributed by atoms with van der Waals surface area (Å²) in [4.78, 5) is 12.4. The highest BCUT2D eigenvalue weighted by Crippen LogP contribution is 2.35. The number of carbonyl (C=O) groups is 1. The smallest absolute Gasteiger partial charge is 0.251 e. The number of anilines is 1. The number of rotatable bonds is 2. The molecule has 16 heavy (non-hydrogen) atoms. The predicted molar refractivity (Wildman–Crippen MR) is 69.9 cm³/mol. The van der Waals surface area contributed by atoms with E-state index >= 15 is 0 Å². The first kappa shape index (κ1) is 12.9. The monoisotopic (exact) mass is 238 g/mol. The second-order valence-electron chi connectivity index (χ2n) is 4.55. The van der Waals surface area contributed by atoms with E-state index in [0.29, 0.717) is 11.3 Å². The Balaban J connectivity index is 3.04. The van der Waals surface area contributed by atoms with E-state index in [1.54, 1.807) is 30.9 Å². The molecule has 1 aromatic carbocycles. The normalized spacial score (nSPS) is 11.2. The molecule has 1 amide bonds. The lowest BCUT2D eigenvalue weighted by atomic mass is 10.2. The van der Waals surface area contributed by atoms with Crippen molar-refractivity contribution < 1.29 is 4.79 Å². The van der Waals surface area contributed by atoms with Crippen LogP contribution in [0.1, 0.15) is 31.1 Å². The van der Waals surface area contributed by atoms with Crippen LogP contribution in [0.5, 0.6) is 0 Å². The average Bonchev–Trinajstić information content (AvgIpc) is 2.18. The third-order valence-corrected chi connectivity index (χ3v) is 3.10. The molecule has 0 radical (unpaired) electrons. The molecule has 3 nitrogen and oxygen atoms in total. The van der Waals surface area contributed by atoms with E-state index in [0.717, 1.165) is 4.90 Å². The van der Waals surface area contributed by atoms with Crippen LogP contribution in [0.15, 0.2) is 23.1 Å². The number of hydrogen-bond acceptors (Lipinski definition) is 3. The van der Waals surface area contributed by atoms with E-state index in [1.165, 1.54) is 0 Å². The lowest BCUT2D eigenvalue weighted by molar-refractivity contribution is 0.0963. The van der Waals surface area contributed by atoms with Gasteiger partial charge in [0.15, 0.2) is 0 Å². The number of nitrogens with two attached hydrogens (primary N) is 1. The van der Waals surface area contributed by atoms with Gasteiger partial charge in [-0.2, -0.15) is 0 Å². The van der Waals surface area contributed by atoms with Crippen molar-refractivity contribution in [3.8, 4) is 0 Å². The average molecular weight is 238 g/mol. The lowest BCUT2D eigenvalue weighted by Crippen LogP contribution is -2.18. The summed E-state index contributed by atoms with van der Waals surface area (Å²) < 4.78 is 0.0788. The maximum atomic E-state index is 11.5. The van der Waals surface area contributed by atoms with Crippen molar-refractivity contribution in [2.75, 3.05) is 12.8 Å². The minimum absolute atomic E-state index is 0.0788. The number of hydrogen-bond donors (Lipinski definition) is 2. The van der Waals surface area contributed by atoms with Crippen molar-refractivity contribution in [1.82, 2.24) is 5.32 Å². The maximum absolute atomic E-state index is 11.5. The van der Waals surface area contributed by atoms with Crippen LogP contribution >= 0.6 is 11.8 Å². The first-order valence-corrected chi connectivity index (χ1v) is 5.96. The molecule has 0 aliphatic rings. The Bertz CT molecular complexity index is 396. The van der Waals surface area contributed by atoms with Crippen LogP contribution < -0.4 is 11.1 Å². The summed E-state index contributed by atoms with van der Waals surface area (Å²) in [6.07, 6.45) is 0. The van der Waals surface area contributed by atoms with Gasteiger partial charge in [0.25, 0.3) is 5.91 Å². The molecule has 3 N–H and O–H groups in total. The Hall–Kier alpha value is -1.16. The standard InChI is InChI=1S/C12H18N2OS/c1-12(2,3)16-10-7-8(11(15)14-4)5-6-9(10)13/h5-7H,13H2,1-4H3,(H,14,15). The fourth-order valence-corrected chi connectivity index (χ4v) is 2.27. The van der Waals surface area contributed by atoms with Crippen LogP contribution in [0.2, 0.25) is 0 Å². The van der Waals surface area contributed by atoms with Gasteiger partial charge in [-0.3, -0.25) is 4.79 Å². The third kappa shape index (κ3) is 3.45. The third-order valence-electron chi connectivity index (χ3n) is 1.92. The number of benzene rings is 1. The minimum atomic E-state index is -0.0873. The van der Waals surface area contributed by atoms with E-state index in [1.807, 2.05) is 6.07 Å². The molecule has 0 aromatic heterocycles. The molecule has 0 saturated heterocycles. The SMILES string of the molecule is CNC(=O)c1ccc(N)c(SC(C)(C)C)c1. The fourth-order valence-electron chi connectivity index (χ4n) is 1.24. The van der Waals surface area contributed by atoms with Gasteiger partial charge < -0.3 is 11.1 Å². The molecule has 0 fully saturated rings. The Morgan fingerprint density at radius 1 is 1.38 bits per heavy atom. The zero-order chi connectivity index (χ0) is 12.3. The van der Waals surface area contributed by atoms with Crippen molar-refractivity contribution in [2.24, 2.45) is 0 Å². The molecule has 0 aliphatic carbocycles. The number of nitrogen functional groups attached to an aromatic ring is 1. The highest BCUT2D eigenvalue weighted by atomic mass is 32.2. The summed E-state index contributed by atoms with van der Waals surface area (Å²) in [6, 6.07) is 5.35. The van der Waals surface area contributed by atoms with Gasteiger partial charge in [0.1, 0.15) is 0 Å². The highest BCUT2D eigenvalue weighted by Gasteiger charge is 2.15. The van der Waals surface area contributed by atoms with Crippen LogP contribution in [0.3, 0.4) is 0 Å². The topological polar surface area (TPSA) is 55.1 Å². The van der Waals surface area contributed by atoms with Gasteiger partial charge in [0.2, 0.25) is 0 Å². The summed E-state index contributed by atoms with van der Waals surface area (Å²) >= 11 is 1.66. The van der Waals surface area contributed by atoms with Crippen molar-refractivity contribution in [1.29, 1.82) is 0 Å². The Morgan fingerprint density at radius 2 is 2.00 bits per heavy atom. The van der Waals surface area contributed by atoms with Gasteiger partial charge in [-0.1, -0.05) is 20.8 Å². The largest absolute Gasteiger partial charge is 0.398 e. The van der Waals surface area contributed by atoms with Crippen LogP contribution in [-0.2, 0) is 0 Å². The summed E-state index contributed by atoms with van der Waals surface area (Å²) in [6.45, 7) is 6.34. The molecular weight excluding hydrogens is 220 g/mol. The molecule has 88 valence electrons. The second kappa shape index (κ2) is 4.78. The molecule has 0 unspecified atom stereocenters.